The number of likely N-dealkylation sites (N-methyl/N-ethyl adjacent to an activating group) is 1. The van der Waals surface area contributed by atoms with Gasteiger partial charge in [0.25, 0.3) is 0 Å². The Bertz CT molecular complexity index is 437. The molecule has 0 radical (unpaired) electrons. The molecule has 0 aliphatic carbocycles. The molecule has 5 heteroatoms. The van der Waals surface area contributed by atoms with Gasteiger partial charge in [-0.3, -0.25) is 4.79 Å². The predicted octanol–water partition coefficient (Wildman–Crippen LogP) is 1.71. The van der Waals surface area contributed by atoms with Gasteiger partial charge in [0.15, 0.2) is 0 Å². The molecule has 0 spiro atoms. The number of nitriles is 1. The maximum absolute atomic E-state index is 11.5. The van der Waals surface area contributed by atoms with Crippen molar-refractivity contribution in [3.05, 3.63) is 28.8 Å². The lowest BCUT2D eigenvalue weighted by Crippen LogP contribution is -2.27. The van der Waals surface area contributed by atoms with Crippen molar-refractivity contribution >= 4 is 23.2 Å². The number of rotatable bonds is 3. The second-order valence-corrected chi connectivity index (χ2v) is 4.00. The molecule has 0 aliphatic rings. The molecule has 1 rings (SSSR count). The average molecular weight is 238 g/mol. The summed E-state index contributed by atoms with van der Waals surface area (Å²) < 4.78 is 0. The highest BCUT2D eigenvalue weighted by molar-refractivity contribution is 6.33. The number of amides is 1. The summed E-state index contributed by atoms with van der Waals surface area (Å²) in [4.78, 5) is 13.2. The van der Waals surface area contributed by atoms with Crippen molar-refractivity contribution in [2.75, 3.05) is 26.0 Å². The first-order valence-electron chi connectivity index (χ1n) is 4.67. The van der Waals surface area contributed by atoms with Gasteiger partial charge in [-0.1, -0.05) is 11.6 Å². The van der Waals surface area contributed by atoms with Crippen molar-refractivity contribution < 1.29 is 4.79 Å². The number of carbonyl (C=O) groups excluding carboxylic acids is 1. The second-order valence-electron chi connectivity index (χ2n) is 3.59. The summed E-state index contributed by atoms with van der Waals surface area (Å²) in [6.45, 7) is 0.288. The number of hydrogen-bond donors (Lipinski definition) is 1. The molecule has 0 saturated carbocycles. The fourth-order valence-electron chi connectivity index (χ4n) is 1.16. The maximum atomic E-state index is 11.5. The Morgan fingerprint density at radius 3 is 2.75 bits per heavy atom. The summed E-state index contributed by atoms with van der Waals surface area (Å²) in [6.07, 6.45) is 0. The number of nitrogens with one attached hydrogen (secondary N) is 1. The lowest BCUT2D eigenvalue weighted by atomic mass is 10.2. The van der Waals surface area contributed by atoms with E-state index in [0.717, 1.165) is 0 Å². The van der Waals surface area contributed by atoms with E-state index >= 15 is 0 Å². The number of nitrogens with zero attached hydrogens (tertiary/aromatic N) is 2. The molecule has 0 unspecified atom stereocenters. The molecule has 0 bridgehead atoms. The Hall–Kier alpha value is -1.57. The van der Waals surface area contributed by atoms with Crippen molar-refractivity contribution in [1.82, 2.24) is 4.90 Å². The summed E-state index contributed by atoms with van der Waals surface area (Å²) >= 11 is 5.91. The highest BCUT2D eigenvalue weighted by atomic mass is 35.5. The van der Waals surface area contributed by atoms with Crippen molar-refractivity contribution in [2.45, 2.75) is 0 Å². The largest absolute Gasteiger partial charge is 0.324 e. The molecule has 1 aromatic carbocycles. The van der Waals surface area contributed by atoms with E-state index < -0.39 is 0 Å². The predicted molar refractivity (Wildman–Crippen MR) is 63.4 cm³/mol. The van der Waals surface area contributed by atoms with Crippen LogP contribution in [0.3, 0.4) is 0 Å². The minimum Gasteiger partial charge on any atom is -0.324 e. The van der Waals surface area contributed by atoms with E-state index in [1.165, 1.54) is 6.07 Å². The van der Waals surface area contributed by atoms with Crippen LogP contribution in [0.1, 0.15) is 5.56 Å². The molecule has 4 nitrogen and oxygen atoms in total. The van der Waals surface area contributed by atoms with E-state index in [0.29, 0.717) is 16.3 Å². The highest BCUT2D eigenvalue weighted by Gasteiger charge is 2.07. The van der Waals surface area contributed by atoms with Gasteiger partial charge in [0, 0.05) is 0 Å². The molecule has 0 aromatic heterocycles. The van der Waals surface area contributed by atoms with Crippen molar-refractivity contribution in [3.8, 4) is 6.07 Å². The first kappa shape index (κ1) is 12.5. The molecule has 0 aliphatic heterocycles. The Kier molecular flexibility index (Phi) is 4.29. The molecular formula is C11H12ClN3O. The number of anilines is 1. The van der Waals surface area contributed by atoms with Gasteiger partial charge in [0.2, 0.25) is 5.91 Å². The zero-order chi connectivity index (χ0) is 12.1. The van der Waals surface area contributed by atoms with Crippen molar-refractivity contribution in [2.24, 2.45) is 0 Å². The van der Waals surface area contributed by atoms with Crippen LogP contribution in [0.5, 0.6) is 0 Å². The van der Waals surface area contributed by atoms with Gasteiger partial charge in [-0.05, 0) is 32.3 Å². The van der Waals surface area contributed by atoms with Crippen LogP contribution in [-0.2, 0) is 4.79 Å². The molecule has 1 N–H and O–H groups in total. The van der Waals surface area contributed by atoms with Gasteiger partial charge in [-0.15, -0.1) is 0 Å². The zero-order valence-corrected chi connectivity index (χ0v) is 9.88. The zero-order valence-electron chi connectivity index (χ0n) is 9.12. The average Bonchev–Trinajstić information content (AvgIpc) is 2.19. The Morgan fingerprint density at radius 2 is 2.25 bits per heavy atom. The molecule has 84 valence electrons. The third-order valence-corrected chi connectivity index (χ3v) is 2.14. The quantitative estimate of drug-likeness (QED) is 0.871. The van der Waals surface area contributed by atoms with Crippen LogP contribution in [0, 0.1) is 11.3 Å². The molecule has 0 heterocycles. The molecule has 1 amide bonds. The lowest BCUT2D eigenvalue weighted by Gasteiger charge is -2.11. The Labute approximate surface area is 99.4 Å². The van der Waals surface area contributed by atoms with Crippen LogP contribution in [-0.4, -0.2) is 31.4 Å². The van der Waals surface area contributed by atoms with Crippen LogP contribution in [0.2, 0.25) is 5.02 Å². The van der Waals surface area contributed by atoms with E-state index in [1.807, 2.05) is 6.07 Å². The highest BCUT2D eigenvalue weighted by Crippen LogP contribution is 2.22. The van der Waals surface area contributed by atoms with Gasteiger partial charge >= 0.3 is 0 Å². The molecule has 16 heavy (non-hydrogen) atoms. The molecule has 0 fully saturated rings. The minimum absolute atomic E-state index is 0.142. The summed E-state index contributed by atoms with van der Waals surface area (Å²) in [5, 5.41) is 11.7. The third kappa shape index (κ3) is 3.54. The molecule has 1 aromatic rings. The first-order valence-corrected chi connectivity index (χ1v) is 5.05. The summed E-state index contributed by atoms with van der Waals surface area (Å²) in [6, 6.07) is 6.72. The van der Waals surface area contributed by atoms with Gasteiger partial charge in [-0.2, -0.15) is 5.26 Å². The lowest BCUT2D eigenvalue weighted by molar-refractivity contribution is -0.116. The normalized spacial score (nSPS) is 9.94. The third-order valence-electron chi connectivity index (χ3n) is 1.83. The van der Waals surface area contributed by atoms with Crippen LogP contribution in [0.4, 0.5) is 5.69 Å². The Morgan fingerprint density at radius 1 is 1.56 bits per heavy atom. The number of carbonyl (C=O) groups is 1. The Balaban J connectivity index is 2.75. The van der Waals surface area contributed by atoms with E-state index in [2.05, 4.69) is 5.32 Å². The minimum atomic E-state index is -0.142. The number of benzene rings is 1. The van der Waals surface area contributed by atoms with Gasteiger partial charge in [0.05, 0.1) is 28.9 Å². The SMILES string of the molecule is CN(C)CC(=O)Nc1ccc(C#N)cc1Cl. The summed E-state index contributed by atoms with van der Waals surface area (Å²) in [5.41, 5.74) is 0.989. The van der Waals surface area contributed by atoms with Gasteiger partial charge < -0.3 is 10.2 Å². The molecule has 0 atom stereocenters. The standard InChI is InChI=1S/C11H12ClN3O/c1-15(2)7-11(16)14-10-4-3-8(6-13)5-9(10)12/h3-5H,7H2,1-2H3,(H,14,16). The maximum Gasteiger partial charge on any atom is 0.238 e. The monoisotopic (exact) mass is 237 g/mol. The topological polar surface area (TPSA) is 56.1 Å². The van der Waals surface area contributed by atoms with E-state index in [4.69, 9.17) is 16.9 Å². The smallest absolute Gasteiger partial charge is 0.238 e. The fraction of sp³-hybridized carbons (Fsp3) is 0.273. The van der Waals surface area contributed by atoms with Crippen LogP contribution >= 0.6 is 11.6 Å². The van der Waals surface area contributed by atoms with Gasteiger partial charge in [-0.25, -0.2) is 0 Å². The van der Waals surface area contributed by atoms with Crippen molar-refractivity contribution in [3.63, 3.8) is 0 Å². The van der Waals surface area contributed by atoms with E-state index in [-0.39, 0.29) is 12.5 Å². The van der Waals surface area contributed by atoms with Crippen LogP contribution in [0.15, 0.2) is 18.2 Å². The van der Waals surface area contributed by atoms with Crippen molar-refractivity contribution in [1.29, 1.82) is 5.26 Å². The summed E-state index contributed by atoms with van der Waals surface area (Å²) in [7, 11) is 3.61. The van der Waals surface area contributed by atoms with Crippen LogP contribution < -0.4 is 5.32 Å². The van der Waals surface area contributed by atoms with E-state index in [9.17, 15) is 4.79 Å². The van der Waals surface area contributed by atoms with Gasteiger partial charge in [0.1, 0.15) is 0 Å². The second kappa shape index (κ2) is 5.50. The molecule has 0 saturated heterocycles. The van der Waals surface area contributed by atoms with E-state index in [1.54, 1.807) is 31.1 Å². The molecular weight excluding hydrogens is 226 g/mol. The summed E-state index contributed by atoms with van der Waals surface area (Å²) in [5.74, 6) is -0.142. The fourth-order valence-corrected chi connectivity index (χ4v) is 1.39. The number of halogens is 1. The number of hydrogen-bond acceptors (Lipinski definition) is 3. The first-order chi connectivity index (χ1) is 7.52. The van der Waals surface area contributed by atoms with Crippen LogP contribution in [0.25, 0.3) is 0 Å².